The number of para-hydroxylation sites is 1. The molecule has 0 saturated carbocycles. The average Bonchev–Trinajstić information content (AvgIpc) is 3.49. The van der Waals surface area contributed by atoms with Gasteiger partial charge in [0.2, 0.25) is 0 Å². The summed E-state index contributed by atoms with van der Waals surface area (Å²) in [5.41, 5.74) is 1.98. The van der Waals surface area contributed by atoms with Crippen LogP contribution in [0.5, 0.6) is 0 Å². The molecule has 1 aliphatic carbocycles. The molecule has 1 unspecified atom stereocenters. The van der Waals surface area contributed by atoms with Crippen LogP contribution in [-0.2, 0) is 28.9 Å². The van der Waals surface area contributed by atoms with E-state index in [0.29, 0.717) is 27.8 Å². The molecule has 0 spiro atoms. The first-order valence-electron chi connectivity index (χ1n) is 10.9. The normalized spacial score (nSPS) is 14.9. The Labute approximate surface area is 196 Å². The van der Waals surface area contributed by atoms with E-state index in [-0.39, 0.29) is 12.5 Å². The average molecular weight is 467 g/mol. The lowest BCUT2D eigenvalue weighted by molar-refractivity contribution is -0.121. The third-order valence-corrected chi connectivity index (χ3v) is 6.96. The van der Waals surface area contributed by atoms with E-state index in [0.717, 1.165) is 19.3 Å². The van der Waals surface area contributed by atoms with E-state index in [1.165, 1.54) is 32.9 Å². The molecule has 4 rings (SSSR count). The van der Waals surface area contributed by atoms with Crippen LogP contribution in [0.4, 0.5) is 5.69 Å². The van der Waals surface area contributed by atoms with Crippen molar-refractivity contribution in [2.75, 3.05) is 18.6 Å². The maximum atomic E-state index is 12.7. The summed E-state index contributed by atoms with van der Waals surface area (Å²) in [7, 11) is 1.56. The molecule has 2 aromatic heterocycles. The second-order valence-corrected chi connectivity index (χ2v) is 9.35. The number of fused-ring (bicyclic) bond motifs is 1. The predicted molar refractivity (Wildman–Crippen MR) is 126 cm³/mol. The fraction of sp³-hybridized carbons (Fsp3) is 0.320. The van der Waals surface area contributed by atoms with Crippen molar-refractivity contribution >= 4 is 34.8 Å². The number of aryl methyl sites for hydroxylation is 1. The number of anilines is 1. The maximum Gasteiger partial charge on any atom is 0.348 e. The predicted octanol–water partition coefficient (Wildman–Crippen LogP) is 4.22. The van der Waals surface area contributed by atoms with Crippen LogP contribution in [0.15, 0.2) is 53.1 Å². The van der Waals surface area contributed by atoms with Gasteiger partial charge in [-0.05, 0) is 61.1 Å². The first kappa shape index (κ1) is 22.8. The van der Waals surface area contributed by atoms with Crippen molar-refractivity contribution in [2.45, 2.75) is 32.7 Å². The summed E-state index contributed by atoms with van der Waals surface area (Å²) in [5.74, 6) is -0.0145. The summed E-state index contributed by atoms with van der Waals surface area (Å²) in [6, 6.07) is 12.2. The zero-order valence-electron chi connectivity index (χ0n) is 18.6. The molecular weight excluding hydrogens is 440 g/mol. The monoisotopic (exact) mass is 466 g/mol. The van der Waals surface area contributed by atoms with Crippen LogP contribution in [0, 0.1) is 5.92 Å². The van der Waals surface area contributed by atoms with Crippen molar-refractivity contribution in [1.29, 1.82) is 0 Å². The highest BCUT2D eigenvalue weighted by Crippen LogP contribution is 2.32. The number of esters is 1. The molecule has 0 saturated heterocycles. The van der Waals surface area contributed by atoms with Crippen molar-refractivity contribution in [3.05, 3.63) is 75.4 Å². The number of nitrogens with one attached hydrogen (secondary N) is 1. The highest BCUT2D eigenvalue weighted by Gasteiger charge is 2.23. The van der Waals surface area contributed by atoms with Gasteiger partial charge >= 0.3 is 5.97 Å². The number of thiophene rings is 1. The number of amides is 2. The summed E-state index contributed by atoms with van der Waals surface area (Å²) in [6.45, 7) is 2.04. The van der Waals surface area contributed by atoms with E-state index in [1.807, 2.05) is 6.07 Å². The minimum Gasteiger partial charge on any atom is -0.467 e. The highest BCUT2D eigenvalue weighted by molar-refractivity contribution is 7.14. The SMILES string of the molecule is CC1CCc2sc(C(=O)OCC(=O)N(C)c3ccccc3C(=O)NCc3ccco3)cc2C1. The van der Waals surface area contributed by atoms with Crippen LogP contribution in [0.3, 0.4) is 0 Å². The van der Waals surface area contributed by atoms with Gasteiger partial charge in [-0.15, -0.1) is 11.3 Å². The fourth-order valence-corrected chi connectivity index (χ4v) is 4.97. The van der Waals surface area contributed by atoms with Crippen LogP contribution in [0.25, 0.3) is 0 Å². The van der Waals surface area contributed by atoms with Gasteiger partial charge in [-0.1, -0.05) is 19.1 Å². The van der Waals surface area contributed by atoms with Crippen molar-refractivity contribution in [3.63, 3.8) is 0 Å². The molecule has 172 valence electrons. The quantitative estimate of drug-likeness (QED) is 0.527. The molecule has 2 amide bonds. The van der Waals surface area contributed by atoms with Gasteiger partial charge in [-0.2, -0.15) is 0 Å². The molecule has 33 heavy (non-hydrogen) atoms. The molecule has 1 atom stereocenters. The summed E-state index contributed by atoms with van der Waals surface area (Å²) in [6.07, 6.45) is 4.61. The van der Waals surface area contributed by atoms with Crippen LogP contribution < -0.4 is 10.2 Å². The minimum absolute atomic E-state index is 0.235. The summed E-state index contributed by atoms with van der Waals surface area (Å²) < 4.78 is 10.5. The van der Waals surface area contributed by atoms with Gasteiger partial charge in [0.25, 0.3) is 11.8 Å². The lowest BCUT2D eigenvalue weighted by atomic mass is 9.90. The van der Waals surface area contributed by atoms with Gasteiger partial charge in [0.15, 0.2) is 6.61 Å². The van der Waals surface area contributed by atoms with E-state index >= 15 is 0 Å². The van der Waals surface area contributed by atoms with E-state index in [1.54, 1.807) is 43.4 Å². The standard InChI is InChI=1S/C25H26N2O5S/c1-16-9-10-21-17(12-16)13-22(33-21)25(30)32-15-23(28)27(2)20-8-4-3-7-19(20)24(29)26-14-18-6-5-11-31-18/h3-8,11,13,16H,9-10,12,14-15H2,1-2H3,(H,26,29). The van der Waals surface area contributed by atoms with Crippen LogP contribution >= 0.6 is 11.3 Å². The van der Waals surface area contributed by atoms with Gasteiger partial charge in [0.1, 0.15) is 10.6 Å². The maximum absolute atomic E-state index is 12.7. The van der Waals surface area contributed by atoms with E-state index in [2.05, 4.69) is 12.2 Å². The Morgan fingerprint density at radius 3 is 2.82 bits per heavy atom. The molecule has 8 heteroatoms. The number of ether oxygens (including phenoxy) is 1. The second kappa shape index (κ2) is 10.0. The molecule has 1 aromatic carbocycles. The van der Waals surface area contributed by atoms with Crippen LogP contribution in [0.1, 0.15) is 49.6 Å². The van der Waals surface area contributed by atoms with Crippen molar-refractivity contribution in [3.8, 4) is 0 Å². The number of furan rings is 1. The molecular formula is C25H26N2O5S. The van der Waals surface area contributed by atoms with E-state index in [9.17, 15) is 14.4 Å². The van der Waals surface area contributed by atoms with Gasteiger partial charge in [0, 0.05) is 11.9 Å². The molecule has 0 fully saturated rings. The van der Waals surface area contributed by atoms with Crippen molar-refractivity contribution in [2.24, 2.45) is 5.92 Å². The van der Waals surface area contributed by atoms with Gasteiger partial charge < -0.3 is 19.4 Å². The number of rotatable bonds is 7. The zero-order chi connectivity index (χ0) is 23.4. The molecule has 7 nitrogen and oxygen atoms in total. The fourth-order valence-electron chi connectivity index (χ4n) is 3.87. The first-order valence-corrected chi connectivity index (χ1v) is 11.7. The smallest absolute Gasteiger partial charge is 0.348 e. The summed E-state index contributed by atoms with van der Waals surface area (Å²) in [5, 5.41) is 2.78. The van der Waals surface area contributed by atoms with Gasteiger partial charge in [-0.3, -0.25) is 9.59 Å². The Hall–Kier alpha value is -3.39. The number of carbonyl (C=O) groups excluding carboxylic acids is 3. The summed E-state index contributed by atoms with van der Waals surface area (Å²) in [4.78, 5) is 41.0. The van der Waals surface area contributed by atoms with Crippen LogP contribution in [-0.4, -0.2) is 31.4 Å². The van der Waals surface area contributed by atoms with Crippen LogP contribution in [0.2, 0.25) is 0 Å². The Bertz CT molecular complexity index is 1150. The third-order valence-electron chi connectivity index (χ3n) is 5.74. The number of benzene rings is 1. The number of likely N-dealkylation sites (N-methyl/N-ethyl adjacent to an activating group) is 1. The summed E-state index contributed by atoms with van der Waals surface area (Å²) >= 11 is 1.45. The molecule has 0 bridgehead atoms. The lowest BCUT2D eigenvalue weighted by Crippen LogP contribution is -2.33. The van der Waals surface area contributed by atoms with Gasteiger partial charge in [-0.25, -0.2) is 4.79 Å². The largest absolute Gasteiger partial charge is 0.467 e. The van der Waals surface area contributed by atoms with E-state index < -0.39 is 18.5 Å². The Morgan fingerprint density at radius 2 is 2.03 bits per heavy atom. The molecule has 0 radical (unpaired) electrons. The number of hydrogen-bond acceptors (Lipinski definition) is 6. The molecule has 1 aliphatic rings. The van der Waals surface area contributed by atoms with Crippen molar-refractivity contribution in [1.82, 2.24) is 5.32 Å². The Kier molecular flexibility index (Phi) is 6.93. The zero-order valence-corrected chi connectivity index (χ0v) is 19.4. The molecule has 2 heterocycles. The Balaban J connectivity index is 1.37. The van der Waals surface area contributed by atoms with Crippen molar-refractivity contribution < 1.29 is 23.5 Å². The number of nitrogens with zero attached hydrogens (tertiary/aromatic N) is 1. The molecule has 1 N–H and O–H groups in total. The Morgan fingerprint density at radius 1 is 1.21 bits per heavy atom. The third kappa shape index (κ3) is 5.34. The molecule has 3 aromatic rings. The first-order chi connectivity index (χ1) is 15.9. The number of carbonyl (C=O) groups is 3. The van der Waals surface area contributed by atoms with E-state index in [4.69, 9.17) is 9.15 Å². The highest BCUT2D eigenvalue weighted by atomic mass is 32.1. The second-order valence-electron chi connectivity index (χ2n) is 8.22. The lowest BCUT2D eigenvalue weighted by Gasteiger charge is -2.20. The minimum atomic E-state index is -0.492. The topological polar surface area (TPSA) is 88.9 Å². The van der Waals surface area contributed by atoms with Gasteiger partial charge in [0.05, 0.1) is 24.1 Å². The molecule has 0 aliphatic heterocycles. The number of hydrogen-bond donors (Lipinski definition) is 1.